The summed E-state index contributed by atoms with van der Waals surface area (Å²) in [6.07, 6.45) is 0.918. The number of ether oxygens (including phenoxy) is 1. The molecule has 3 nitrogen and oxygen atoms in total. The number of methoxy groups -OCH3 is 1. The van der Waals surface area contributed by atoms with E-state index < -0.39 is 0 Å². The Labute approximate surface area is 89.2 Å². The first kappa shape index (κ1) is 11.3. The summed E-state index contributed by atoms with van der Waals surface area (Å²) in [6.45, 7) is 1.36. The average Bonchev–Trinajstić information content (AvgIpc) is 2.18. The summed E-state index contributed by atoms with van der Waals surface area (Å²) in [6, 6.07) is 5.79. The SMILES string of the molecule is COc1ccc(CCNCN)cc1Cl. The molecule has 78 valence electrons. The maximum Gasteiger partial charge on any atom is 0.137 e. The summed E-state index contributed by atoms with van der Waals surface area (Å²) in [5, 5.41) is 3.70. The molecule has 0 aliphatic carbocycles. The number of halogens is 1. The van der Waals surface area contributed by atoms with Crippen LogP contribution in [0.1, 0.15) is 5.56 Å². The quantitative estimate of drug-likeness (QED) is 0.576. The molecule has 0 aromatic heterocycles. The van der Waals surface area contributed by atoms with Crippen LogP contribution in [0.3, 0.4) is 0 Å². The maximum atomic E-state index is 5.97. The minimum Gasteiger partial charge on any atom is -0.495 e. The zero-order chi connectivity index (χ0) is 10.4. The molecule has 14 heavy (non-hydrogen) atoms. The van der Waals surface area contributed by atoms with Gasteiger partial charge in [-0.15, -0.1) is 0 Å². The molecule has 0 unspecified atom stereocenters. The van der Waals surface area contributed by atoms with Crippen LogP contribution in [0.15, 0.2) is 18.2 Å². The van der Waals surface area contributed by atoms with Gasteiger partial charge in [0.15, 0.2) is 0 Å². The van der Waals surface area contributed by atoms with E-state index in [0.717, 1.165) is 13.0 Å². The van der Waals surface area contributed by atoms with Crippen molar-refractivity contribution in [3.05, 3.63) is 28.8 Å². The van der Waals surface area contributed by atoms with Crippen LogP contribution in [-0.2, 0) is 6.42 Å². The Hall–Kier alpha value is -0.770. The van der Waals surface area contributed by atoms with E-state index in [4.69, 9.17) is 22.1 Å². The van der Waals surface area contributed by atoms with Gasteiger partial charge in [0.1, 0.15) is 5.75 Å². The summed E-state index contributed by atoms with van der Waals surface area (Å²) in [5.74, 6) is 0.710. The normalized spacial score (nSPS) is 10.2. The van der Waals surface area contributed by atoms with Crippen LogP contribution in [0.25, 0.3) is 0 Å². The number of hydrogen-bond acceptors (Lipinski definition) is 3. The zero-order valence-electron chi connectivity index (χ0n) is 8.22. The second-order valence-corrected chi connectivity index (χ2v) is 3.33. The molecule has 1 aromatic carbocycles. The van der Waals surface area contributed by atoms with E-state index in [9.17, 15) is 0 Å². The highest BCUT2D eigenvalue weighted by molar-refractivity contribution is 6.32. The molecule has 1 aromatic rings. The Bertz CT molecular complexity index is 291. The third-order valence-corrected chi connectivity index (χ3v) is 2.25. The first-order valence-electron chi connectivity index (χ1n) is 4.51. The van der Waals surface area contributed by atoms with Crippen LogP contribution in [0, 0.1) is 0 Å². The molecule has 0 aliphatic rings. The van der Waals surface area contributed by atoms with Crippen LogP contribution in [0.2, 0.25) is 5.02 Å². The van der Waals surface area contributed by atoms with Gasteiger partial charge >= 0.3 is 0 Å². The van der Waals surface area contributed by atoms with Crippen molar-refractivity contribution in [3.8, 4) is 5.75 Å². The van der Waals surface area contributed by atoms with Gasteiger partial charge in [-0.1, -0.05) is 17.7 Å². The highest BCUT2D eigenvalue weighted by atomic mass is 35.5. The summed E-state index contributed by atoms with van der Waals surface area (Å²) >= 11 is 5.97. The number of rotatable bonds is 5. The minimum atomic E-state index is 0.504. The lowest BCUT2D eigenvalue weighted by Crippen LogP contribution is -2.24. The number of nitrogens with two attached hydrogens (primary N) is 1. The first-order chi connectivity index (χ1) is 6.77. The molecular formula is C10H15ClN2O. The van der Waals surface area contributed by atoms with Crippen LogP contribution in [0.4, 0.5) is 0 Å². The lowest BCUT2D eigenvalue weighted by atomic mass is 10.1. The summed E-state index contributed by atoms with van der Waals surface area (Å²) in [4.78, 5) is 0. The molecule has 0 spiro atoms. The molecule has 0 bridgehead atoms. The summed E-state index contributed by atoms with van der Waals surface area (Å²) < 4.78 is 5.06. The van der Waals surface area contributed by atoms with Crippen molar-refractivity contribution in [3.63, 3.8) is 0 Å². The van der Waals surface area contributed by atoms with Gasteiger partial charge < -0.3 is 15.8 Å². The molecular weight excluding hydrogens is 200 g/mol. The lowest BCUT2D eigenvalue weighted by molar-refractivity contribution is 0.415. The molecule has 0 aliphatic heterocycles. The lowest BCUT2D eigenvalue weighted by Gasteiger charge is -2.06. The highest BCUT2D eigenvalue weighted by Gasteiger charge is 2.00. The number of nitrogens with one attached hydrogen (secondary N) is 1. The van der Waals surface area contributed by atoms with Crippen molar-refractivity contribution in [1.29, 1.82) is 0 Å². The first-order valence-corrected chi connectivity index (χ1v) is 4.89. The van der Waals surface area contributed by atoms with Crippen molar-refractivity contribution in [2.24, 2.45) is 5.73 Å². The van der Waals surface area contributed by atoms with E-state index >= 15 is 0 Å². The molecule has 1 rings (SSSR count). The van der Waals surface area contributed by atoms with E-state index in [1.54, 1.807) is 7.11 Å². The van der Waals surface area contributed by atoms with Crippen molar-refractivity contribution in [1.82, 2.24) is 5.32 Å². The fourth-order valence-corrected chi connectivity index (χ4v) is 1.48. The molecule has 0 saturated carbocycles. The molecule has 4 heteroatoms. The van der Waals surface area contributed by atoms with Crippen LogP contribution >= 0.6 is 11.6 Å². The Morgan fingerprint density at radius 1 is 1.50 bits per heavy atom. The fourth-order valence-electron chi connectivity index (χ4n) is 1.20. The van der Waals surface area contributed by atoms with Crippen LogP contribution in [-0.4, -0.2) is 20.3 Å². The second-order valence-electron chi connectivity index (χ2n) is 2.92. The van der Waals surface area contributed by atoms with Crippen LogP contribution in [0.5, 0.6) is 5.75 Å². The van der Waals surface area contributed by atoms with Gasteiger partial charge in [-0.3, -0.25) is 0 Å². The van der Waals surface area contributed by atoms with Gasteiger partial charge in [0, 0.05) is 13.2 Å². The fraction of sp³-hybridized carbons (Fsp3) is 0.400. The van der Waals surface area contributed by atoms with Crippen molar-refractivity contribution in [2.75, 3.05) is 20.3 Å². The molecule has 0 saturated heterocycles. The van der Waals surface area contributed by atoms with Gasteiger partial charge in [-0.05, 0) is 24.1 Å². The second kappa shape index (κ2) is 5.86. The maximum absolute atomic E-state index is 5.97. The third kappa shape index (κ3) is 3.18. The number of hydrogen-bond donors (Lipinski definition) is 2. The van der Waals surface area contributed by atoms with Gasteiger partial charge in [0.05, 0.1) is 12.1 Å². The van der Waals surface area contributed by atoms with E-state index in [0.29, 0.717) is 17.4 Å². The van der Waals surface area contributed by atoms with Crippen LogP contribution < -0.4 is 15.8 Å². The monoisotopic (exact) mass is 214 g/mol. The van der Waals surface area contributed by atoms with E-state index in [-0.39, 0.29) is 0 Å². The smallest absolute Gasteiger partial charge is 0.137 e. The predicted molar refractivity (Wildman–Crippen MR) is 58.8 cm³/mol. The highest BCUT2D eigenvalue weighted by Crippen LogP contribution is 2.24. The zero-order valence-corrected chi connectivity index (χ0v) is 8.97. The minimum absolute atomic E-state index is 0.504. The van der Waals surface area contributed by atoms with E-state index in [2.05, 4.69) is 5.32 Å². The third-order valence-electron chi connectivity index (χ3n) is 1.95. The molecule has 0 radical (unpaired) electrons. The summed E-state index contributed by atoms with van der Waals surface area (Å²) in [5.41, 5.74) is 6.49. The van der Waals surface area contributed by atoms with Gasteiger partial charge in [-0.2, -0.15) is 0 Å². The van der Waals surface area contributed by atoms with E-state index in [1.165, 1.54) is 5.56 Å². The Morgan fingerprint density at radius 3 is 2.86 bits per heavy atom. The number of benzene rings is 1. The average molecular weight is 215 g/mol. The Balaban J connectivity index is 2.57. The van der Waals surface area contributed by atoms with Gasteiger partial charge in [0.25, 0.3) is 0 Å². The molecule has 0 atom stereocenters. The van der Waals surface area contributed by atoms with E-state index in [1.807, 2.05) is 18.2 Å². The van der Waals surface area contributed by atoms with Crippen molar-refractivity contribution < 1.29 is 4.74 Å². The Morgan fingerprint density at radius 2 is 2.29 bits per heavy atom. The predicted octanol–water partition coefficient (Wildman–Crippen LogP) is 1.40. The van der Waals surface area contributed by atoms with Crippen molar-refractivity contribution >= 4 is 11.6 Å². The molecule has 3 N–H and O–H groups in total. The van der Waals surface area contributed by atoms with Gasteiger partial charge in [0.2, 0.25) is 0 Å². The largest absolute Gasteiger partial charge is 0.495 e. The topological polar surface area (TPSA) is 47.3 Å². The van der Waals surface area contributed by atoms with Crippen molar-refractivity contribution in [2.45, 2.75) is 6.42 Å². The Kier molecular flexibility index (Phi) is 4.73. The molecule has 0 heterocycles. The summed E-state index contributed by atoms with van der Waals surface area (Å²) in [7, 11) is 1.61. The standard InChI is InChI=1S/C10H15ClN2O/c1-14-10-3-2-8(6-9(10)11)4-5-13-7-12/h2-3,6,13H,4-5,7,12H2,1H3. The molecule has 0 amide bonds. The van der Waals surface area contributed by atoms with Gasteiger partial charge in [-0.25, -0.2) is 0 Å². The molecule has 0 fully saturated rings.